The van der Waals surface area contributed by atoms with E-state index in [1.807, 2.05) is 0 Å². The minimum atomic E-state index is -0.513. The molecule has 1 heterocycles. The van der Waals surface area contributed by atoms with Gasteiger partial charge in [0.25, 0.3) is 0 Å². The molecule has 0 aliphatic heterocycles. The van der Waals surface area contributed by atoms with Crippen LogP contribution in [0.15, 0.2) is 0 Å². The molecule has 0 aliphatic rings. The zero-order valence-corrected chi connectivity index (χ0v) is 13.4. The number of carbonyl (C=O) groups is 3. The minimum absolute atomic E-state index is 0.0167. The Labute approximate surface area is 124 Å². The molecule has 0 aliphatic carbocycles. The van der Waals surface area contributed by atoms with Gasteiger partial charge in [-0.3, -0.25) is 9.59 Å². The number of nitrogens with zero attached hydrogens (tertiary/aromatic N) is 1. The summed E-state index contributed by atoms with van der Waals surface area (Å²) in [6, 6.07) is 0. The van der Waals surface area contributed by atoms with Crippen LogP contribution in [0.2, 0.25) is 0 Å². The number of rotatable bonds is 5. The fraction of sp³-hybridized carbons (Fsp3) is 0.533. The summed E-state index contributed by atoms with van der Waals surface area (Å²) in [6.07, 6.45) is 0. The first-order chi connectivity index (χ1) is 9.70. The highest BCUT2D eigenvalue weighted by Gasteiger charge is 2.24. The summed E-state index contributed by atoms with van der Waals surface area (Å²) in [5.74, 6) is -0.974. The lowest BCUT2D eigenvalue weighted by Gasteiger charge is -2.18. The molecule has 116 valence electrons. The summed E-state index contributed by atoms with van der Waals surface area (Å²) < 4.78 is 4.67. The van der Waals surface area contributed by atoms with E-state index in [1.54, 1.807) is 34.7 Å². The standard InChI is InChI=1S/C15H22N2O4/c1-8(2)14(19)17(5)7-11(18)12-9(3)13(15(20)21-6)16-10(12)4/h8,16H,7H2,1-6H3. The number of aryl methyl sites for hydroxylation is 1. The quantitative estimate of drug-likeness (QED) is 0.662. The highest BCUT2D eigenvalue weighted by molar-refractivity contribution is 6.04. The van der Waals surface area contributed by atoms with E-state index >= 15 is 0 Å². The maximum Gasteiger partial charge on any atom is 0.354 e. The molecule has 0 atom stereocenters. The topological polar surface area (TPSA) is 79.5 Å². The van der Waals surface area contributed by atoms with Crippen LogP contribution in [0.3, 0.4) is 0 Å². The van der Waals surface area contributed by atoms with Crippen LogP contribution < -0.4 is 0 Å². The van der Waals surface area contributed by atoms with Gasteiger partial charge in [0.2, 0.25) is 5.91 Å². The Morgan fingerprint density at radius 2 is 1.81 bits per heavy atom. The molecule has 1 rings (SSSR count). The van der Waals surface area contributed by atoms with E-state index in [0.717, 1.165) is 0 Å². The zero-order chi connectivity index (χ0) is 16.3. The summed E-state index contributed by atoms with van der Waals surface area (Å²) in [4.78, 5) is 40.1. The first kappa shape index (κ1) is 16.9. The Kier molecular flexibility index (Phi) is 5.29. The molecule has 6 nitrogen and oxygen atoms in total. The Bertz CT molecular complexity index is 572. The van der Waals surface area contributed by atoms with Crippen molar-refractivity contribution in [2.75, 3.05) is 20.7 Å². The van der Waals surface area contributed by atoms with Gasteiger partial charge >= 0.3 is 5.97 Å². The third-order valence-electron chi connectivity index (χ3n) is 3.36. The monoisotopic (exact) mass is 294 g/mol. The number of aromatic nitrogens is 1. The van der Waals surface area contributed by atoms with Gasteiger partial charge < -0.3 is 14.6 Å². The van der Waals surface area contributed by atoms with Crippen molar-refractivity contribution in [2.45, 2.75) is 27.7 Å². The normalized spacial score (nSPS) is 10.6. The minimum Gasteiger partial charge on any atom is -0.464 e. The number of ether oxygens (including phenoxy) is 1. The molecule has 0 spiro atoms. The van der Waals surface area contributed by atoms with Gasteiger partial charge in [0.1, 0.15) is 5.69 Å². The number of likely N-dealkylation sites (N-methyl/N-ethyl adjacent to an activating group) is 1. The molecular formula is C15H22N2O4. The van der Waals surface area contributed by atoms with Crippen LogP contribution in [0.25, 0.3) is 0 Å². The van der Waals surface area contributed by atoms with Crippen molar-refractivity contribution in [2.24, 2.45) is 5.92 Å². The van der Waals surface area contributed by atoms with Gasteiger partial charge in [-0.1, -0.05) is 13.8 Å². The molecule has 1 aromatic rings. The lowest BCUT2D eigenvalue weighted by molar-refractivity contribution is -0.132. The van der Waals surface area contributed by atoms with Crippen LogP contribution in [-0.4, -0.2) is 48.2 Å². The predicted molar refractivity (Wildman–Crippen MR) is 78.4 cm³/mol. The first-order valence-electron chi connectivity index (χ1n) is 6.76. The lowest BCUT2D eigenvalue weighted by atomic mass is 10.0. The Morgan fingerprint density at radius 1 is 1.24 bits per heavy atom. The highest BCUT2D eigenvalue weighted by Crippen LogP contribution is 2.19. The molecule has 0 radical (unpaired) electrons. The van der Waals surface area contributed by atoms with Gasteiger partial charge in [-0.15, -0.1) is 0 Å². The van der Waals surface area contributed by atoms with Gasteiger partial charge in [0, 0.05) is 24.2 Å². The average molecular weight is 294 g/mol. The molecule has 6 heteroatoms. The zero-order valence-electron chi connectivity index (χ0n) is 13.4. The Balaban J connectivity index is 3.01. The first-order valence-corrected chi connectivity index (χ1v) is 6.76. The summed E-state index contributed by atoms with van der Waals surface area (Å²) in [6.45, 7) is 6.96. The number of H-pyrrole nitrogens is 1. The highest BCUT2D eigenvalue weighted by atomic mass is 16.5. The number of aromatic amines is 1. The molecule has 0 saturated carbocycles. The molecule has 0 unspecified atom stereocenters. The van der Waals surface area contributed by atoms with Crippen molar-refractivity contribution < 1.29 is 19.1 Å². The van der Waals surface area contributed by atoms with Crippen molar-refractivity contribution >= 4 is 17.7 Å². The average Bonchev–Trinajstić information content (AvgIpc) is 2.71. The molecule has 0 bridgehead atoms. The SMILES string of the molecule is COC(=O)c1[nH]c(C)c(C(=O)CN(C)C(=O)C(C)C)c1C. The number of carbonyl (C=O) groups excluding carboxylic acids is 3. The third kappa shape index (κ3) is 3.51. The van der Waals surface area contributed by atoms with Crippen molar-refractivity contribution in [1.82, 2.24) is 9.88 Å². The van der Waals surface area contributed by atoms with E-state index in [2.05, 4.69) is 9.72 Å². The number of nitrogens with one attached hydrogen (secondary N) is 1. The van der Waals surface area contributed by atoms with Crippen molar-refractivity contribution in [3.8, 4) is 0 Å². The van der Waals surface area contributed by atoms with E-state index in [9.17, 15) is 14.4 Å². The molecule has 0 aromatic carbocycles. The second-order valence-electron chi connectivity index (χ2n) is 5.39. The largest absolute Gasteiger partial charge is 0.464 e. The number of methoxy groups -OCH3 is 1. The van der Waals surface area contributed by atoms with Gasteiger partial charge in [-0.05, 0) is 19.4 Å². The molecule has 1 N–H and O–H groups in total. The molecular weight excluding hydrogens is 272 g/mol. The Morgan fingerprint density at radius 3 is 2.29 bits per heavy atom. The van der Waals surface area contributed by atoms with Crippen molar-refractivity contribution in [1.29, 1.82) is 0 Å². The molecule has 21 heavy (non-hydrogen) atoms. The number of amides is 1. The van der Waals surface area contributed by atoms with Crippen LogP contribution in [0.4, 0.5) is 0 Å². The van der Waals surface area contributed by atoms with E-state index < -0.39 is 5.97 Å². The van der Waals surface area contributed by atoms with E-state index in [-0.39, 0.29) is 29.8 Å². The molecule has 0 saturated heterocycles. The van der Waals surface area contributed by atoms with Gasteiger partial charge in [-0.2, -0.15) is 0 Å². The number of hydrogen-bond donors (Lipinski definition) is 1. The van der Waals surface area contributed by atoms with Crippen molar-refractivity contribution in [3.05, 3.63) is 22.5 Å². The maximum atomic E-state index is 12.4. The van der Waals surface area contributed by atoms with Gasteiger partial charge in [-0.25, -0.2) is 4.79 Å². The van der Waals surface area contributed by atoms with Crippen LogP contribution in [0.1, 0.15) is 46.0 Å². The Hall–Kier alpha value is -2.11. The number of Topliss-reactive ketones (excluding diaryl/α,β-unsaturated/α-hetero) is 1. The van der Waals surface area contributed by atoms with Crippen LogP contribution in [0, 0.1) is 19.8 Å². The molecule has 1 aromatic heterocycles. The predicted octanol–water partition coefficient (Wildman–Crippen LogP) is 1.72. The maximum absolute atomic E-state index is 12.4. The number of ketones is 1. The summed E-state index contributed by atoms with van der Waals surface area (Å²) in [7, 11) is 2.88. The second kappa shape index (κ2) is 6.56. The number of hydrogen-bond acceptors (Lipinski definition) is 4. The van der Waals surface area contributed by atoms with Gasteiger partial charge in [0.05, 0.1) is 13.7 Å². The summed E-state index contributed by atoms with van der Waals surface area (Å²) in [5, 5.41) is 0. The van der Waals surface area contributed by atoms with Crippen LogP contribution in [0.5, 0.6) is 0 Å². The molecule has 1 amide bonds. The fourth-order valence-electron chi connectivity index (χ4n) is 2.29. The van der Waals surface area contributed by atoms with Crippen molar-refractivity contribution in [3.63, 3.8) is 0 Å². The van der Waals surface area contributed by atoms with Gasteiger partial charge in [0.15, 0.2) is 5.78 Å². The third-order valence-corrected chi connectivity index (χ3v) is 3.36. The van der Waals surface area contributed by atoms with Crippen LogP contribution in [-0.2, 0) is 9.53 Å². The smallest absolute Gasteiger partial charge is 0.354 e. The summed E-state index contributed by atoms with van der Waals surface area (Å²) >= 11 is 0. The number of esters is 1. The second-order valence-corrected chi connectivity index (χ2v) is 5.39. The lowest BCUT2D eigenvalue weighted by Crippen LogP contribution is -2.35. The van der Waals surface area contributed by atoms with E-state index in [4.69, 9.17) is 0 Å². The summed E-state index contributed by atoms with van der Waals surface area (Å²) in [5.41, 5.74) is 1.87. The van der Waals surface area contributed by atoms with E-state index in [1.165, 1.54) is 12.0 Å². The van der Waals surface area contributed by atoms with E-state index in [0.29, 0.717) is 16.8 Å². The fourth-order valence-corrected chi connectivity index (χ4v) is 2.29. The molecule has 0 fully saturated rings. The van der Waals surface area contributed by atoms with Crippen LogP contribution >= 0.6 is 0 Å².